The van der Waals surface area contributed by atoms with Crippen LogP contribution in [0.1, 0.15) is 70.2 Å². The maximum Gasteiger partial charge on any atom is 0.419 e. The number of ether oxygens (including phenoxy) is 1. The summed E-state index contributed by atoms with van der Waals surface area (Å²) < 4.78 is 7.53. The first kappa shape index (κ1) is 17.8. The molecule has 1 aromatic heterocycles. The predicted molar refractivity (Wildman–Crippen MR) is 107 cm³/mol. The fourth-order valence-electron chi connectivity index (χ4n) is 5.83. The summed E-state index contributed by atoms with van der Waals surface area (Å²) in [6, 6.07) is 8.19. The number of amides is 1. The molecule has 0 radical (unpaired) electrons. The van der Waals surface area contributed by atoms with Crippen LogP contribution in [0.3, 0.4) is 0 Å². The van der Waals surface area contributed by atoms with E-state index in [1.165, 1.54) is 12.0 Å². The molecule has 2 aromatic rings. The molecular formula is C23H28N2O3. The topological polar surface area (TPSA) is 51.5 Å². The highest BCUT2D eigenvalue weighted by molar-refractivity contribution is 5.95. The van der Waals surface area contributed by atoms with Crippen LogP contribution in [0.4, 0.5) is 4.79 Å². The highest BCUT2D eigenvalue weighted by Gasteiger charge is 2.54. The summed E-state index contributed by atoms with van der Waals surface area (Å²) in [5.41, 5.74) is 2.75. The zero-order chi connectivity index (χ0) is 19.7. The summed E-state index contributed by atoms with van der Waals surface area (Å²) in [7, 11) is 0. The van der Waals surface area contributed by atoms with E-state index in [9.17, 15) is 9.59 Å². The van der Waals surface area contributed by atoms with Crippen LogP contribution in [0.25, 0.3) is 10.9 Å². The van der Waals surface area contributed by atoms with Crippen LogP contribution in [0.15, 0.2) is 24.3 Å². The Morgan fingerprint density at radius 3 is 2.68 bits per heavy atom. The first-order valence-corrected chi connectivity index (χ1v) is 10.5. The van der Waals surface area contributed by atoms with Gasteiger partial charge in [-0.15, -0.1) is 0 Å². The van der Waals surface area contributed by atoms with Crippen molar-refractivity contribution in [2.24, 2.45) is 5.41 Å². The van der Waals surface area contributed by atoms with E-state index >= 15 is 0 Å². The van der Waals surface area contributed by atoms with Crippen LogP contribution in [-0.2, 0) is 16.0 Å². The average molecular weight is 380 g/mol. The van der Waals surface area contributed by atoms with E-state index in [-0.39, 0.29) is 23.5 Å². The lowest BCUT2D eigenvalue weighted by atomic mass is 9.60. The van der Waals surface area contributed by atoms with Gasteiger partial charge >= 0.3 is 6.09 Å². The molecule has 2 saturated heterocycles. The average Bonchev–Trinajstić information content (AvgIpc) is 2.98. The van der Waals surface area contributed by atoms with Gasteiger partial charge < -0.3 is 9.64 Å². The van der Waals surface area contributed by atoms with Crippen molar-refractivity contribution in [3.8, 4) is 0 Å². The summed E-state index contributed by atoms with van der Waals surface area (Å²) in [5, 5.41) is 1.10. The summed E-state index contributed by atoms with van der Waals surface area (Å²) in [5.74, 6) is 0.266. The number of para-hydroxylation sites is 1. The molecule has 28 heavy (non-hydrogen) atoms. The first-order chi connectivity index (χ1) is 13.3. The number of rotatable bonds is 0. The molecule has 5 heteroatoms. The molecule has 0 N–H and O–H groups in total. The Bertz CT molecular complexity index is 984. The molecule has 3 aliphatic rings. The second-order valence-electron chi connectivity index (χ2n) is 9.65. The Labute approximate surface area is 165 Å². The van der Waals surface area contributed by atoms with Crippen molar-refractivity contribution in [2.45, 2.75) is 70.9 Å². The smallest absolute Gasteiger partial charge is 0.419 e. The Balaban J connectivity index is 1.73. The summed E-state index contributed by atoms with van der Waals surface area (Å²) in [6.45, 7) is 6.52. The molecule has 148 valence electrons. The number of piperidine rings is 2. The van der Waals surface area contributed by atoms with Crippen molar-refractivity contribution >= 4 is 22.9 Å². The maximum absolute atomic E-state index is 13.1. The second-order valence-corrected chi connectivity index (χ2v) is 9.65. The van der Waals surface area contributed by atoms with E-state index in [0.717, 1.165) is 48.8 Å². The minimum absolute atomic E-state index is 0.0971. The minimum atomic E-state index is -0.550. The molecule has 2 aliphatic heterocycles. The van der Waals surface area contributed by atoms with Gasteiger partial charge in [-0.1, -0.05) is 18.2 Å². The van der Waals surface area contributed by atoms with Crippen LogP contribution in [0.5, 0.6) is 0 Å². The summed E-state index contributed by atoms with van der Waals surface area (Å²) >= 11 is 0. The molecule has 0 spiro atoms. The van der Waals surface area contributed by atoms with E-state index in [4.69, 9.17) is 4.74 Å². The molecule has 2 bridgehead atoms. The molecule has 1 aromatic carbocycles. The summed E-state index contributed by atoms with van der Waals surface area (Å²) in [6.07, 6.45) is 5.47. The molecule has 1 aliphatic carbocycles. The first-order valence-electron chi connectivity index (χ1n) is 10.5. The molecule has 1 amide bonds. The zero-order valence-electron chi connectivity index (χ0n) is 17.0. The lowest BCUT2D eigenvalue weighted by Gasteiger charge is -2.56. The number of nitrogens with zero attached hydrogens (tertiary/aromatic N) is 2. The molecule has 3 heterocycles. The van der Waals surface area contributed by atoms with Gasteiger partial charge in [0, 0.05) is 29.6 Å². The molecule has 2 fully saturated rings. The van der Waals surface area contributed by atoms with Gasteiger partial charge in [0.05, 0.1) is 11.6 Å². The van der Waals surface area contributed by atoms with Gasteiger partial charge in [0.15, 0.2) is 0 Å². The number of benzene rings is 1. The standard InChI is InChI=1S/C23H28N2O3/c1-22(2,3)28-21(27)25-16-8-5-4-7-15(16)19-17(25)9-12-23-11-6-14-24(20(19)23)18(26)10-13-23/h4-5,7-8,20H,6,9-14H2,1-3H3/t20-,23-/m1/s1. The predicted octanol–water partition coefficient (Wildman–Crippen LogP) is 4.81. The maximum atomic E-state index is 13.1. The van der Waals surface area contributed by atoms with Crippen LogP contribution >= 0.6 is 0 Å². The van der Waals surface area contributed by atoms with Crippen molar-refractivity contribution < 1.29 is 14.3 Å². The number of carbonyl (C=O) groups is 2. The monoisotopic (exact) mass is 380 g/mol. The number of fused-ring (bicyclic) bond motifs is 3. The fraction of sp³-hybridized carbons (Fsp3) is 0.565. The lowest BCUT2D eigenvalue weighted by molar-refractivity contribution is -0.150. The fourth-order valence-corrected chi connectivity index (χ4v) is 5.83. The third-order valence-corrected chi connectivity index (χ3v) is 6.85. The van der Waals surface area contributed by atoms with Gasteiger partial charge in [-0.25, -0.2) is 9.36 Å². The Kier molecular flexibility index (Phi) is 3.71. The van der Waals surface area contributed by atoms with E-state index in [0.29, 0.717) is 6.42 Å². The van der Waals surface area contributed by atoms with Crippen molar-refractivity contribution in [3.05, 3.63) is 35.5 Å². The quantitative estimate of drug-likeness (QED) is 0.659. The highest BCUT2D eigenvalue weighted by Crippen LogP contribution is 2.59. The van der Waals surface area contributed by atoms with E-state index < -0.39 is 5.60 Å². The van der Waals surface area contributed by atoms with Crippen molar-refractivity contribution in [1.29, 1.82) is 0 Å². The van der Waals surface area contributed by atoms with Gasteiger partial charge in [-0.05, 0) is 64.4 Å². The SMILES string of the molecule is CC(C)(C)OC(=O)n1c2c(c3ccccc31)[C@H]1N3CCC[C@]1(CCC3=O)CC2. The third kappa shape index (κ3) is 2.44. The molecule has 0 unspecified atom stereocenters. The lowest BCUT2D eigenvalue weighted by Crippen LogP contribution is -2.54. The highest BCUT2D eigenvalue weighted by atomic mass is 16.6. The van der Waals surface area contributed by atoms with Gasteiger partial charge in [-0.3, -0.25) is 4.79 Å². The molecule has 2 atom stereocenters. The number of carbonyl (C=O) groups excluding carboxylic acids is 2. The van der Waals surface area contributed by atoms with Crippen molar-refractivity contribution in [1.82, 2.24) is 9.47 Å². The summed E-state index contributed by atoms with van der Waals surface area (Å²) in [4.78, 5) is 28.0. The third-order valence-electron chi connectivity index (χ3n) is 6.85. The van der Waals surface area contributed by atoms with Crippen LogP contribution < -0.4 is 0 Å². The largest absolute Gasteiger partial charge is 0.443 e. The second kappa shape index (κ2) is 5.85. The van der Waals surface area contributed by atoms with Crippen LogP contribution in [0, 0.1) is 5.41 Å². The van der Waals surface area contributed by atoms with Gasteiger partial charge in [-0.2, -0.15) is 0 Å². The van der Waals surface area contributed by atoms with Crippen molar-refractivity contribution in [2.75, 3.05) is 6.54 Å². The molecule has 5 nitrogen and oxygen atoms in total. The van der Waals surface area contributed by atoms with Gasteiger partial charge in [0.25, 0.3) is 0 Å². The zero-order valence-corrected chi connectivity index (χ0v) is 17.0. The molecular weight excluding hydrogens is 352 g/mol. The molecule has 5 rings (SSSR count). The van der Waals surface area contributed by atoms with Crippen LogP contribution in [-0.4, -0.2) is 33.6 Å². The Hall–Kier alpha value is -2.30. The molecule has 0 saturated carbocycles. The van der Waals surface area contributed by atoms with E-state index in [1.54, 1.807) is 4.57 Å². The Morgan fingerprint density at radius 2 is 1.89 bits per heavy atom. The Morgan fingerprint density at radius 1 is 1.14 bits per heavy atom. The van der Waals surface area contributed by atoms with Gasteiger partial charge in [0.2, 0.25) is 5.91 Å². The van der Waals surface area contributed by atoms with Crippen LogP contribution in [0.2, 0.25) is 0 Å². The minimum Gasteiger partial charge on any atom is -0.443 e. The normalized spacial score (nSPS) is 26.8. The van der Waals surface area contributed by atoms with Gasteiger partial charge in [0.1, 0.15) is 5.60 Å². The number of hydrogen-bond acceptors (Lipinski definition) is 3. The van der Waals surface area contributed by atoms with E-state index in [2.05, 4.69) is 11.0 Å². The van der Waals surface area contributed by atoms with Crippen molar-refractivity contribution in [3.63, 3.8) is 0 Å². The van der Waals surface area contributed by atoms with E-state index in [1.807, 2.05) is 39.0 Å². The number of aromatic nitrogens is 1. The number of hydrogen-bond donors (Lipinski definition) is 0.